The van der Waals surface area contributed by atoms with E-state index >= 15 is 0 Å². The number of hydrogen-bond donors (Lipinski definition) is 0. The Morgan fingerprint density at radius 1 is 1.00 bits per heavy atom. The highest BCUT2D eigenvalue weighted by atomic mass is 16.5. The molecule has 1 aromatic heterocycles. The van der Waals surface area contributed by atoms with Crippen LogP contribution in [0.1, 0.15) is 62.3 Å². The van der Waals surface area contributed by atoms with E-state index in [-0.39, 0.29) is 0 Å². The zero-order valence-electron chi connectivity index (χ0n) is 14.4. The van der Waals surface area contributed by atoms with Gasteiger partial charge in [0.1, 0.15) is 11.6 Å². The zero-order chi connectivity index (χ0) is 16.3. The molecule has 1 aromatic carbocycles. The van der Waals surface area contributed by atoms with Crippen LogP contribution >= 0.6 is 0 Å². The summed E-state index contributed by atoms with van der Waals surface area (Å²) in [6.45, 7) is 8.84. The van der Waals surface area contributed by atoms with Crippen LogP contribution in [0.4, 0.5) is 0 Å². The molecule has 118 valence electrons. The van der Waals surface area contributed by atoms with Gasteiger partial charge in [-0.05, 0) is 35.6 Å². The van der Waals surface area contributed by atoms with Crippen molar-refractivity contribution in [1.29, 1.82) is 0 Å². The molecule has 0 unspecified atom stereocenters. The Morgan fingerprint density at radius 2 is 1.64 bits per heavy atom. The first-order valence-corrected chi connectivity index (χ1v) is 7.82. The monoisotopic (exact) mass is 298 g/mol. The second-order valence-corrected chi connectivity index (χ2v) is 6.22. The van der Waals surface area contributed by atoms with Gasteiger partial charge in [-0.2, -0.15) is 0 Å². The van der Waals surface area contributed by atoms with Crippen LogP contribution in [0.25, 0.3) is 12.2 Å². The van der Waals surface area contributed by atoms with Gasteiger partial charge in [-0.25, -0.2) is 4.98 Å². The topological polar surface area (TPSA) is 27.1 Å². The van der Waals surface area contributed by atoms with Gasteiger partial charge >= 0.3 is 0 Å². The molecule has 3 heteroatoms. The van der Waals surface area contributed by atoms with Crippen molar-refractivity contribution in [3.05, 3.63) is 47.0 Å². The molecular weight excluding hydrogens is 272 g/mol. The molecule has 0 aliphatic heterocycles. The lowest BCUT2D eigenvalue weighted by molar-refractivity contribution is 0.415. The minimum Gasteiger partial charge on any atom is -0.497 e. The van der Waals surface area contributed by atoms with Crippen molar-refractivity contribution in [1.82, 2.24) is 9.55 Å². The Balaban J connectivity index is 2.32. The largest absolute Gasteiger partial charge is 0.497 e. The molecular formula is C19H26N2O. The molecule has 0 N–H and O–H groups in total. The van der Waals surface area contributed by atoms with Crippen LogP contribution in [0.5, 0.6) is 5.75 Å². The average molecular weight is 298 g/mol. The van der Waals surface area contributed by atoms with Gasteiger partial charge in [0.2, 0.25) is 0 Å². The van der Waals surface area contributed by atoms with Crippen molar-refractivity contribution in [2.24, 2.45) is 7.05 Å². The molecule has 0 amide bonds. The lowest BCUT2D eigenvalue weighted by atomic mass is 10.0. The van der Waals surface area contributed by atoms with Gasteiger partial charge in [-0.1, -0.05) is 45.9 Å². The number of nitrogens with zero attached hydrogens (tertiary/aromatic N) is 2. The molecule has 2 aromatic rings. The van der Waals surface area contributed by atoms with E-state index in [9.17, 15) is 0 Å². The standard InChI is InChI=1S/C19H26N2O/c1-13(2)18-19(14(3)4)21(5)17(20-18)12-9-15-7-10-16(22-6)11-8-15/h7-14H,1-6H3/b12-9+. The first kappa shape index (κ1) is 16.3. The Labute approximate surface area is 133 Å². The van der Waals surface area contributed by atoms with Gasteiger partial charge in [0.25, 0.3) is 0 Å². The van der Waals surface area contributed by atoms with Gasteiger partial charge in [0.15, 0.2) is 0 Å². The summed E-state index contributed by atoms with van der Waals surface area (Å²) in [5, 5.41) is 0. The van der Waals surface area contributed by atoms with Crippen LogP contribution < -0.4 is 4.74 Å². The van der Waals surface area contributed by atoms with E-state index in [1.165, 1.54) is 11.4 Å². The van der Waals surface area contributed by atoms with Gasteiger partial charge in [0, 0.05) is 12.7 Å². The van der Waals surface area contributed by atoms with E-state index in [1.807, 2.05) is 24.3 Å². The second-order valence-electron chi connectivity index (χ2n) is 6.22. The number of aromatic nitrogens is 2. The van der Waals surface area contributed by atoms with Gasteiger partial charge in [0.05, 0.1) is 12.8 Å². The number of ether oxygens (including phenoxy) is 1. The van der Waals surface area contributed by atoms with E-state index in [4.69, 9.17) is 9.72 Å². The maximum absolute atomic E-state index is 5.18. The number of methoxy groups -OCH3 is 1. The molecule has 0 saturated carbocycles. The molecule has 0 saturated heterocycles. The molecule has 0 spiro atoms. The van der Waals surface area contributed by atoms with Gasteiger partial charge in [-0.15, -0.1) is 0 Å². The predicted molar refractivity (Wildman–Crippen MR) is 93.3 cm³/mol. The summed E-state index contributed by atoms with van der Waals surface area (Å²) in [6.07, 6.45) is 4.18. The lowest BCUT2D eigenvalue weighted by Gasteiger charge is -2.11. The molecule has 0 atom stereocenters. The fourth-order valence-corrected chi connectivity index (χ4v) is 2.69. The summed E-state index contributed by atoms with van der Waals surface area (Å²) in [4.78, 5) is 4.83. The fourth-order valence-electron chi connectivity index (χ4n) is 2.69. The lowest BCUT2D eigenvalue weighted by Crippen LogP contribution is -2.03. The first-order chi connectivity index (χ1) is 10.4. The zero-order valence-corrected chi connectivity index (χ0v) is 14.4. The molecule has 22 heavy (non-hydrogen) atoms. The van der Waals surface area contributed by atoms with E-state index in [2.05, 4.69) is 51.5 Å². The SMILES string of the molecule is COc1ccc(/C=C/c2nc(C(C)C)c(C(C)C)n2C)cc1. The van der Waals surface area contributed by atoms with Crippen LogP contribution in [-0.4, -0.2) is 16.7 Å². The van der Waals surface area contributed by atoms with Crippen LogP contribution in [0.15, 0.2) is 24.3 Å². The highest BCUT2D eigenvalue weighted by Crippen LogP contribution is 2.27. The van der Waals surface area contributed by atoms with Crippen molar-refractivity contribution in [2.75, 3.05) is 7.11 Å². The van der Waals surface area contributed by atoms with Crippen molar-refractivity contribution in [3.63, 3.8) is 0 Å². The van der Waals surface area contributed by atoms with E-state index in [1.54, 1.807) is 7.11 Å². The molecule has 0 aliphatic carbocycles. The van der Waals surface area contributed by atoms with Crippen LogP contribution in [0.2, 0.25) is 0 Å². The van der Waals surface area contributed by atoms with Crippen LogP contribution in [0, 0.1) is 0 Å². The minimum atomic E-state index is 0.437. The van der Waals surface area contributed by atoms with Crippen molar-refractivity contribution >= 4 is 12.2 Å². The average Bonchev–Trinajstić information content (AvgIpc) is 2.83. The summed E-state index contributed by atoms with van der Waals surface area (Å²) < 4.78 is 7.39. The highest BCUT2D eigenvalue weighted by molar-refractivity contribution is 5.67. The maximum Gasteiger partial charge on any atom is 0.132 e. The molecule has 1 heterocycles. The molecule has 3 nitrogen and oxygen atoms in total. The normalized spacial score (nSPS) is 11.8. The quantitative estimate of drug-likeness (QED) is 0.789. The summed E-state index contributed by atoms with van der Waals surface area (Å²) >= 11 is 0. The fraction of sp³-hybridized carbons (Fsp3) is 0.421. The second kappa shape index (κ2) is 6.82. The smallest absolute Gasteiger partial charge is 0.132 e. The Morgan fingerprint density at radius 3 is 2.09 bits per heavy atom. The maximum atomic E-state index is 5.18. The third kappa shape index (κ3) is 3.41. The Hall–Kier alpha value is -2.03. The minimum absolute atomic E-state index is 0.437. The number of benzene rings is 1. The van der Waals surface area contributed by atoms with Gasteiger partial charge < -0.3 is 9.30 Å². The van der Waals surface area contributed by atoms with E-state index in [0.29, 0.717) is 11.8 Å². The van der Waals surface area contributed by atoms with E-state index < -0.39 is 0 Å². The van der Waals surface area contributed by atoms with Crippen molar-refractivity contribution in [2.45, 2.75) is 39.5 Å². The molecule has 0 bridgehead atoms. The Kier molecular flexibility index (Phi) is 5.07. The summed E-state index contributed by atoms with van der Waals surface area (Å²) in [5.41, 5.74) is 3.66. The van der Waals surface area contributed by atoms with Crippen molar-refractivity contribution in [3.8, 4) is 5.75 Å². The third-order valence-corrected chi connectivity index (χ3v) is 3.84. The summed E-state index contributed by atoms with van der Waals surface area (Å²) in [6, 6.07) is 8.03. The molecule has 0 aliphatic rings. The predicted octanol–water partition coefficient (Wildman–Crippen LogP) is 4.85. The molecule has 0 fully saturated rings. The number of hydrogen-bond acceptors (Lipinski definition) is 2. The number of imidazole rings is 1. The summed E-state index contributed by atoms with van der Waals surface area (Å²) in [7, 11) is 3.78. The summed E-state index contributed by atoms with van der Waals surface area (Å²) in [5.74, 6) is 2.78. The van der Waals surface area contributed by atoms with Crippen molar-refractivity contribution < 1.29 is 4.74 Å². The van der Waals surface area contributed by atoms with E-state index in [0.717, 1.165) is 17.1 Å². The Bertz CT molecular complexity index is 649. The molecule has 0 radical (unpaired) electrons. The van der Waals surface area contributed by atoms with Gasteiger partial charge in [-0.3, -0.25) is 0 Å². The molecule has 2 rings (SSSR count). The number of rotatable bonds is 5. The third-order valence-electron chi connectivity index (χ3n) is 3.84. The van der Waals surface area contributed by atoms with Crippen LogP contribution in [-0.2, 0) is 7.05 Å². The van der Waals surface area contributed by atoms with Crippen LogP contribution in [0.3, 0.4) is 0 Å². The first-order valence-electron chi connectivity index (χ1n) is 7.82. The highest BCUT2D eigenvalue weighted by Gasteiger charge is 2.18.